The minimum absolute atomic E-state index is 0.0803. The van der Waals surface area contributed by atoms with Crippen LogP contribution in [0.15, 0.2) is 42.5 Å². The highest BCUT2D eigenvalue weighted by atomic mass is 19.1. The average Bonchev–Trinajstić information content (AvgIpc) is 2.41. The summed E-state index contributed by atoms with van der Waals surface area (Å²) in [5.41, 5.74) is 2.51. The molecule has 2 aromatic carbocycles. The van der Waals surface area contributed by atoms with E-state index in [0.717, 1.165) is 16.9 Å². The van der Waals surface area contributed by atoms with Crippen molar-refractivity contribution < 1.29 is 13.9 Å². The van der Waals surface area contributed by atoms with Crippen molar-refractivity contribution in [2.45, 2.75) is 13.8 Å². The number of amides is 1. The molecule has 0 radical (unpaired) electrons. The van der Waals surface area contributed by atoms with Gasteiger partial charge in [-0.05, 0) is 49.2 Å². The van der Waals surface area contributed by atoms with Crippen molar-refractivity contribution in [2.75, 3.05) is 11.9 Å². The largest absolute Gasteiger partial charge is 0.483 e. The molecule has 0 spiro atoms. The first kappa shape index (κ1) is 14.1. The number of carbonyl (C=O) groups excluding carboxylic acids is 1. The molecule has 0 saturated heterocycles. The van der Waals surface area contributed by atoms with Gasteiger partial charge in [0.05, 0.1) is 0 Å². The van der Waals surface area contributed by atoms with Gasteiger partial charge in [0.1, 0.15) is 11.6 Å². The molecule has 0 aliphatic carbocycles. The van der Waals surface area contributed by atoms with E-state index < -0.39 is 0 Å². The quantitative estimate of drug-likeness (QED) is 0.926. The number of rotatable bonds is 4. The predicted octanol–water partition coefficient (Wildman–Crippen LogP) is 3.46. The predicted molar refractivity (Wildman–Crippen MR) is 76.4 cm³/mol. The van der Waals surface area contributed by atoms with Crippen molar-refractivity contribution in [3.05, 3.63) is 59.4 Å². The SMILES string of the molecule is Cc1cccc(C)c1OCC(=O)Nc1ccc(F)cc1. The molecule has 2 aromatic rings. The molecule has 4 heteroatoms. The van der Waals surface area contributed by atoms with Crippen molar-refractivity contribution >= 4 is 11.6 Å². The Kier molecular flexibility index (Phi) is 4.35. The van der Waals surface area contributed by atoms with E-state index in [1.165, 1.54) is 24.3 Å². The van der Waals surface area contributed by atoms with Crippen LogP contribution in [0.2, 0.25) is 0 Å². The molecule has 0 fully saturated rings. The number of para-hydroxylation sites is 1. The van der Waals surface area contributed by atoms with E-state index in [0.29, 0.717) is 5.69 Å². The highest BCUT2D eigenvalue weighted by Gasteiger charge is 2.07. The van der Waals surface area contributed by atoms with E-state index in [-0.39, 0.29) is 18.3 Å². The summed E-state index contributed by atoms with van der Waals surface area (Å²) in [5.74, 6) is 0.107. The van der Waals surface area contributed by atoms with Gasteiger partial charge >= 0.3 is 0 Å². The third-order valence-corrected chi connectivity index (χ3v) is 2.88. The summed E-state index contributed by atoms with van der Waals surface area (Å²) in [6.07, 6.45) is 0. The van der Waals surface area contributed by atoms with E-state index in [2.05, 4.69) is 5.32 Å². The molecule has 1 N–H and O–H groups in total. The van der Waals surface area contributed by atoms with E-state index in [4.69, 9.17) is 4.74 Å². The highest BCUT2D eigenvalue weighted by molar-refractivity contribution is 5.91. The molecule has 2 rings (SSSR count). The zero-order chi connectivity index (χ0) is 14.5. The number of hydrogen-bond acceptors (Lipinski definition) is 2. The van der Waals surface area contributed by atoms with Gasteiger partial charge in [0.25, 0.3) is 5.91 Å². The standard InChI is InChI=1S/C16H16FNO2/c1-11-4-3-5-12(2)16(11)20-10-15(19)18-14-8-6-13(17)7-9-14/h3-9H,10H2,1-2H3,(H,18,19). The number of benzene rings is 2. The molecule has 0 aromatic heterocycles. The number of ether oxygens (including phenoxy) is 1. The second-order valence-corrected chi connectivity index (χ2v) is 4.56. The number of nitrogens with one attached hydrogen (secondary N) is 1. The Balaban J connectivity index is 1.94. The van der Waals surface area contributed by atoms with Crippen LogP contribution in [-0.4, -0.2) is 12.5 Å². The van der Waals surface area contributed by atoms with Crippen LogP contribution in [0, 0.1) is 19.7 Å². The van der Waals surface area contributed by atoms with E-state index in [9.17, 15) is 9.18 Å². The monoisotopic (exact) mass is 273 g/mol. The lowest BCUT2D eigenvalue weighted by Crippen LogP contribution is -2.20. The van der Waals surface area contributed by atoms with E-state index in [1.54, 1.807) is 0 Å². The van der Waals surface area contributed by atoms with Gasteiger partial charge in [0.15, 0.2) is 6.61 Å². The zero-order valence-corrected chi connectivity index (χ0v) is 11.4. The van der Waals surface area contributed by atoms with Gasteiger partial charge in [-0.1, -0.05) is 18.2 Å². The second-order valence-electron chi connectivity index (χ2n) is 4.56. The van der Waals surface area contributed by atoms with Crippen LogP contribution in [-0.2, 0) is 4.79 Å². The van der Waals surface area contributed by atoms with Gasteiger partial charge in [-0.15, -0.1) is 0 Å². The van der Waals surface area contributed by atoms with E-state index in [1.807, 2.05) is 32.0 Å². The maximum Gasteiger partial charge on any atom is 0.262 e. The Hall–Kier alpha value is -2.36. The molecular weight excluding hydrogens is 257 g/mol. The molecule has 1 amide bonds. The zero-order valence-electron chi connectivity index (χ0n) is 11.4. The van der Waals surface area contributed by atoms with Crippen LogP contribution in [0.1, 0.15) is 11.1 Å². The molecule has 20 heavy (non-hydrogen) atoms. The first-order valence-electron chi connectivity index (χ1n) is 6.30. The fourth-order valence-electron chi connectivity index (χ4n) is 1.89. The normalized spacial score (nSPS) is 10.2. The lowest BCUT2D eigenvalue weighted by Gasteiger charge is -2.11. The molecule has 0 aliphatic rings. The van der Waals surface area contributed by atoms with Gasteiger partial charge in [0.2, 0.25) is 0 Å². The lowest BCUT2D eigenvalue weighted by molar-refractivity contribution is -0.118. The van der Waals surface area contributed by atoms with E-state index >= 15 is 0 Å². The second kappa shape index (κ2) is 6.19. The summed E-state index contributed by atoms with van der Waals surface area (Å²) in [4.78, 5) is 11.8. The Labute approximate surface area is 117 Å². The van der Waals surface area contributed by atoms with Crippen molar-refractivity contribution in [3.8, 4) is 5.75 Å². The van der Waals surface area contributed by atoms with Crippen molar-refractivity contribution in [1.29, 1.82) is 0 Å². The van der Waals surface area contributed by atoms with Gasteiger partial charge in [-0.25, -0.2) is 4.39 Å². The van der Waals surface area contributed by atoms with Crippen LogP contribution in [0.5, 0.6) is 5.75 Å². The van der Waals surface area contributed by atoms with Gasteiger partial charge in [0, 0.05) is 5.69 Å². The van der Waals surface area contributed by atoms with Crippen LogP contribution < -0.4 is 10.1 Å². The van der Waals surface area contributed by atoms with Crippen LogP contribution in [0.3, 0.4) is 0 Å². The molecule has 104 valence electrons. The fourth-order valence-corrected chi connectivity index (χ4v) is 1.89. The van der Waals surface area contributed by atoms with Crippen molar-refractivity contribution in [1.82, 2.24) is 0 Å². The molecule has 0 saturated carbocycles. The van der Waals surface area contributed by atoms with Crippen molar-refractivity contribution in [2.24, 2.45) is 0 Å². The topological polar surface area (TPSA) is 38.3 Å². The maximum absolute atomic E-state index is 12.7. The first-order chi connectivity index (χ1) is 9.56. The summed E-state index contributed by atoms with van der Waals surface area (Å²) in [7, 11) is 0. The third kappa shape index (κ3) is 3.57. The maximum atomic E-state index is 12.7. The first-order valence-corrected chi connectivity index (χ1v) is 6.30. The molecular formula is C16H16FNO2. The molecule has 0 atom stereocenters. The number of hydrogen-bond donors (Lipinski definition) is 1. The van der Waals surface area contributed by atoms with Crippen molar-refractivity contribution in [3.63, 3.8) is 0 Å². The van der Waals surface area contributed by atoms with Gasteiger partial charge in [-0.2, -0.15) is 0 Å². The molecule has 0 unspecified atom stereocenters. The number of carbonyl (C=O) groups is 1. The third-order valence-electron chi connectivity index (χ3n) is 2.88. The fraction of sp³-hybridized carbons (Fsp3) is 0.188. The van der Waals surface area contributed by atoms with Crippen LogP contribution in [0.4, 0.5) is 10.1 Å². The summed E-state index contributed by atoms with van der Waals surface area (Å²) >= 11 is 0. The number of aryl methyl sites for hydroxylation is 2. The summed E-state index contributed by atoms with van der Waals surface area (Å²) in [6, 6.07) is 11.4. The molecule has 0 aliphatic heterocycles. The summed E-state index contributed by atoms with van der Waals surface area (Å²) in [6.45, 7) is 3.78. The minimum atomic E-state index is -0.338. The number of anilines is 1. The van der Waals surface area contributed by atoms with Crippen LogP contribution in [0.25, 0.3) is 0 Å². The summed E-state index contributed by atoms with van der Waals surface area (Å²) < 4.78 is 18.3. The van der Waals surface area contributed by atoms with Gasteiger partial charge < -0.3 is 10.1 Å². The molecule has 0 heterocycles. The molecule has 0 bridgehead atoms. The van der Waals surface area contributed by atoms with Crippen LogP contribution >= 0.6 is 0 Å². The average molecular weight is 273 g/mol. The Morgan fingerprint density at radius 2 is 1.70 bits per heavy atom. The van der Waals surface area contributed by atoms with Gasteiger partial charge in [-0.3, -0.25) is 4.79 Å². The highest BCUT2D eigenvalue weighted by Crippen LogP contribution is 2.22. The Morgan fingerprint density at radius 1 is 1.10 bits per heavy atom. The number of halogens is 1. The minimum Gasteiger partial charge on any atom is -0.483 e. The molecule has 3 nitrogen and oxygen atoms in total. The Bertz CT molecular complexity index is 588. The Morgan fingerprint density at radius 3 is 2.30 bits per heavy atom. The summed E-state index contributed by atoms with van der Waals surface area (Å²) in [5, 5.41) is 2.65. The smallest absolute Gasteiger partial charge is 0.262 e. The lowest BCUT2D eigenvalue weighted by atomic mass is 10.1.